The number of nitrogens with zero attached hydrogens (tertiary/aromatic N) is 2. The third kappa shape index (κ3) is 4.30. The van der Waals surface area contributed by atoms with Gasteiger partial charge < -0.3 is 0 Å². The Bertz CT molecular complexity index is 967. The van der Waals surface area contributed by atoms with Crippen LogP contribution in [-0.4, -0.2) is 15.7 Å². The van der Waals surface area contributed by atoms with E-state index in [4.69, 9.17) is 0 Å². The fourth-order valence-corrected chi connectivity index (χ4v) is 2.71. The van der Waals surface area contributed by atoms with Gasteiger partial charge in [-0.2, -0.15) is 18.3 Å². The SMILES string of the molecule is Cc1c(C(=O)NNc2cccc(C(F)(F)F)c2)cnn1-c1ccc(Br)cc1. The number of amides is 1. The van der Waals surface area contributed by atoms with E-state index in [9.17, 15) is 18.0 Å². The highest BCUT2D eigenvalue weighted by Gasteiger charge is 2.30. The summed E-state index contributed by atoms with van der Waals surface area (Å²) in [6.07, 6.45) is -3.05. The molecule has 0 unspecified atom stereocenters. The Morgan fingerprint density at radius 3 is 2.52 bits per heavy atom. The molecule has 3 rings (SSSR count). The van der Waals surface area contributed by atoms with Crippen molar-refractivity contribution in [2.24, 2.45) is 0 Å². The van der Waals surface area contributed by atoms with Crippen molar-refractivity contribution in [3.05, 3.63) is 76.0 Å². The van der Waals surface area contributed by atoms with Gasteiger partial charge in [-0.15, -0.1) is 0 Å². The molecule has 2 aromatic carbocycles. The van der Waals surface area contributed by atoms with Crippen LogP contribution < -0.4 is 10.9 Å². The smallest absolute Gasteiger partial charge is 0.298 e. The topological polar surface area (TPSA) is 59.0 Å². The molecule has 140 valence electrons. The number of nitrogens with one attached hydrogen (secondary N) is 2. The molecule has 0 bridgehead atoms. The molecular formula is C18H14BrF3N4O. The molecule has 0 saturated carbocycles. The second-order valence-electron chi connectivity index (χ2n) is 5.69. The zero-order valence-corrected chi connectivity index (χ0v) is 15.6. The number of anilines is 1. The summed E-state index contributed by atoms with van der Waals surface area (Å²) in [5.41, 5.74) is 5.88. The van der Waals surface area contributed by atoms with Crippen molar-refractivity contribution < 1.29 is 18.0 Å². The number of hydrogen-bond acceptors (Lipinski definition) is 3. The van der Waals surface area contributed by atoms with Gasteiger partial charge in [0.2, 0.25) is 0 Å². The Labute approximate surface area is 161 Å². The number of hydrazine groups is 1. The first kappa shape index (κ1) is 19.0. The van der Waals surface area contributed by atoms with Crippen molar-refractivity contribution in [1.82, 2.24) is 15.2 Å². The van der Waals surface area contributed by atoms with Crippen LogP contribution in [0.25, 0.3) is 5.69 Å². The zero-order valence-electron chi connectivity index (χ0n) is 14.0. The van der Waals surface area contributed by atoms with Gasteiger partial charge in [0.15, 0.2) is 0 Å². The number of rotatable bonds is 4. The van der Waals surface area contributed by atoms with Crippen LogP contribution in [0, 0.1) is 6.92 Å². The van der Waals surface area contributed by atoms with Gasteiger partial charge in [-0.3, -0.25) is 15.6 Å². The van der Waals surface area contributed by atoms with Gasteiger partial charge in [-0.25, -0.2) is 4.68 Å². The summed E-state index contributed by atoms with van der Waals surface area (Å²) in [6.45, 7) is 1.73. The lowest BCUT2D eigenvalue weighted by Crippen LogP contribution is -2.29. The molecule has 9 heteroatoms. The van der Waals surface area contributed by atoms with E-state index < -0.39 is 17.6 Å². The zero-order chi connectivity index (χ0) is 19.6. The molecule has 0 aliphatic heterocycles. The van der Waals surface area contributed by atoms with E-state index in [1.54, 1.807) is 11.6 Å². The van der Waals surface area contributed by atoms with Crippen LogP contribution in [-0.2, 0) is 6.18 Å². The first-order valence-electron chi connectivity index (χ1n) is 7.80. The van der Waals surface area contributed by atoms with Crippen LogP contribution in [0.2, 0.25) is 0 Å². The van der Waals surface area contributed by atoms with Crippen molar-refractivity contribution in [2.45, 2.75) is 13.1 Å². The van der Waals surface area contributed by atoms with Gasteiger partial charge in [0.25, 0.3) is 5.91 Å². The summed E-state index contributed by atoms with van der Waals surface area (Å²) >= 11 is 3.35. The monoisotopic (exact) mass is 438 g/mol. The molecule has 1 amide bonds. The van der Waals surface area contributed by atoms with Crippen LogP contribution in [0.3, 0.4) is 0 Å². The standard InChI is InChI=1S/C18H14BrF3N4O/c1-11-16(10-23-26(11)15-7-5-13(19)6-8-15)17(27)25-24-14-4-2-3-12(9-14)18(20,21)22/h2-10,24H,1H3,(H,25,27). The van der Waals surface area contributed by atoms with E-state index in [1.165, 1.54) is 18.3 Å². The maximum absolute atomic E-state index is 12.7. The van der Waals surface area contributed by atoms with Crippen molar-refractivity contribution in [2.75, 3.05) is 5.43 Å². The van der Waals surface area contributed by atoms with E-state index in [0.29, 0.717) is 11.3 Å². The third-order valence-electron chi connectivity index (χ3n) is 3.84. The van der Waals surface area contributed by atoms with Gasteiger partial charge in [-0.05, 0) is 49.4 Å². The Kier molecular flexibility index (Phi) is 5.22. The van der Waals surface area contributed by atoms with Gasteiger partial charge in [0.1, 0.15) is 0 Å². The number of carbonyl (C=O) groups excluding carboxylic acids is 1. The Morgan fingerprint density at radius 1 is 1.15 bits per heavy atom. The molecule has 3 aromatic rings. The fraction of sp³-hybridized carbons (Fsp3) is 0.111. The molecular weight excluding hydrogens is 425 g/mol. The Morgan fingerprint density at radius 2 is 1.85 bits per heavy atom. The highest BCUT2D eigenvalue weighted by molar-refractivity contribution is 9.10. The summed E-state index contributed by atoms with van der Waals surface area (Å²) in [5.74, 6) is -0.506. The first-order chi connectivity index (χ1) is 12.8. The number of aromatic nitrogens is 2. The van der Waals surface area contributed by atoms with E-state index in [2.05, 4.69) is 31.9 Å². The molecule has 5 nitrogen and oxygen atoms in total. The van der Waals surface area contributed by atoms with Crippen molar-refractivity contribution >= 4 is 27.5 Å². The predicted octanol–water partition coefficient (Wildman–Crippen LogP) is 4.72. The molecule has 0 spiro atoms. The van der Waals surface area contributed by atoms with Crippen molar-refractivity contribution in [1.29, 1.82) is 0 Å². The second-order valence-corrected chi connectivity index (χ2v) is 6.61. The number of hydrogen-bond donors (Lipinski definition) is 2. The largest absolute Gasteiger partial charge is 0.416 e. The molecule has 0 saturated heterocycles. The minimum Gasteiger partial charge on any atom is -0.298 e. The molecule has 2 N–H and O–H groups in total. The number of alkyl halides is 3. The van der Waals surface area contributed by atoms with E-state index in [-0.39, 0.29) is 5.69 Å². The summed E-state index contributed by atoms with van der Waals surface area (Å²) in [6, 6.07) is 11.9. The molecule has 1 heterocycles. The molecule has 1 aromatic heterocycles. The number of halogens is 4. The lowest BCUT2D eigenvalue weighted by atomic mass is 10.2. The molecule has 0 fully saturated rings. The van der Waals surface area contributed by atoms with E-state index in [0.717, 1.165) is 22.3 Å². The maximum atomic E-state index is 12.7. The summed E-state index contributed by atoms with van der Waals surface area (Å²) in [4.78, 5) is 12.4. The minimum atomic E-state index is -4.45. The predicted molar refractivity (Wildman–Crippen MR) is 98.5 cm³/mol. The lowest BCUT2D eigenvalue weighted by Gasteiger charge is -2.11. The van der Waals surface area contributed by atoms with Gasteiger partial charge in [-0.1, -0.05) is 22.0 Å². The van der Waals surface area contributed by atoms with Crippen LogP contribution in [0.1, 0.15) is 21.6 Å². The quantitative estimate of drug-likeness (QED) is 0.579. The highest BCUT2D eigenvalue weighted by Crippen LogP contribution is 2.30. The maximum Gasteiger partial charge on any atom is 0.416 e. The highest BCUT2D eigenvalue weighted by atomic mass is 79.9. The number of benzene rings is 2. The van der Waals surface area contributed by atoms with Crippen LogP contribution in [0.4, 0.5) is 18.9 Å². The van der Waals surface area contributed by atoms with Gasteiger partial charge in [0, 0.05) is 4.47 Å². The third-order valence-corrected chi connectivity index (χ3v) is 4.36. The average molecular weight is 439 g/mol. The molecule has 0 aliphatic carbocycles. The first-order valence-corrected chi connectivity index (χ1v) is 8.59. The van der Waals surface area contributed by atoms with E-state index >= 15 is 0 Å². The summed E-state index contributed by atoms with van der Waals surface area (Å²) in [5, 5.41) is 4.20. The number of carbonyl (C=O) groups is 1. The average Bonchev–Trinajstić information content (AvgIpc) is 3.01. The Hall–Kier alpha value is -2.81. The minimum absolute atomic E-state index is 0.121. The normalized spacial score (nSPS) is 11.3. The molecule has 27 heavy (non-hydrogen) atoms. The van der Waals surface area contributed by atoms with Gasteiger partial charge >= 0.3 is 6.18 Å². The van der Waals surface area contributed by atoms with Crippen molar-refractivity contribution in [3.8, 4) is 5.69 Å². The summed E-state index contributed by atoms with van der Waals surface area (Å²) < 4.78 is 40.8. The van der Waals surface area contributed by atoms with Gasteiger partial charge in [0.05, 0.1) is 34.4 Å². The second kappa shape index (κ2) is 7.43. The van der Waals surface area contributed by atoms with Crippen molar-refractivity contribution in [3.63, 3.8) is 0 Å². The van der Waals surface area contributed by atoms with Crippen LogP contribution in [0.5, 0.6) is 0 Å². The molecule has 0 aliphatic rings. The fourth-order valence-electron chi connectivity index (χ4n) is 2.44. The molecule has 0 radical (unpaired) electrons. The Balaban J connectivity index is 1.73. The van der Waals surface area contributed by atoms with Crippen LogP contribution in [0.15, 0.2) is 59.2 Å². The summed E-state index contributed by atoms with van der Waals surface area (Å²) in [7, 11) is 0. The lowest BCUT2D eigenvalue weighted by molar-refractivity contribution is -0.137. The molecule has 0 atom stereocenters. The van der Waals surface area contributed by atoms with E-state index in [1.807, 2.05) is 24.3 Å². The van der Waals surface area contributed by atoms with Crippen LogP contribution >= 0.6 is 15.9 Å².